The van der Waals surface area contributed by atoms with Crippen LogP contribution in [0.5, 0.6) is 0 Å². The molecular formula is C20H26N4O5S2. The van der Waals surface area contributed by atoms with E-state index in [4.69, 9.17) is 0 Å². The average Bonchev–Trinajstić information content (AvgIpc) is 3.29. The van der Waals surface area contributed by atoms with Crippen LogP contribution >= 0.6 is 0 Å². The first-order valence-corrected chi connectivity index (χ1v) is 13.6. The molecule has 0 saturated carbocycles. The molecule has 0 spiro atoms. The summed E-state index contributed by atoms with van der Waals surface area (Å²) in [6, 6.07) is 7.33. The number of rotatable bonds is 5. The molecule has 0 aliphatic carbocycles. The Morgan fingerprint density at radius 1 is 1.16 bits per heavy atom. The predicted molar refractivity (Wildman–Crippen MR) is 116 cm³/mol. The summed E-state index contributed by atoms with van der Waals surface area (Å²) in [7, 11) is -6.76. The molecule has 168 valence electrons. The molecule has 1 N–H and O–H groups in total. The van der Waals surface area contributed by atoms with E-state index in [-0.39, 0.29) is 28.0 Å². The minimum atomic E-state index is -3.65. The maximum atomic E-state index is 12.9. The van der Waals surface area contributed by atoms with Gasteiger partial charge >= 0.3 is 0 Å². The van der Waals surface area contributed by atoms with E-state index < -0.39 is 25.8 Å². The number of carbonyl (C=O) groups excluding carboxylic acids is 1. The molecule has 31 heavy (non-hydrogen) atoms. The highest BCUT2D eigenvalue weighted by molar-refractivity contribution is 7.91. The van der Waals surface area contributed by atoms with Crippen LogP contribution in [0.15, 0.2) is 35.2 Å². The van der Waals surface area contributed by atoms with Crippen LogP contribution in [-0.4, -0.2) is 61.4 Å². The number of nitrogens with zero attached hydrogens (tertiary/aromatic N) is 3. The van der Waals surface area contributed by atoms with Gasteiger partial charge in [0, 0.05) is 24.7 Å². The second kappa shape index (κ2) is 8.36. The number of aryl methyl sites for hydroxylation is 1. The predicted octanol–water partition coefficient (Wildman–Crippen LogP) is 1.98. The Balaban J connectivity index is 1.56. The van der Waals surface area contributed by atoms with Crippen LogP contribution in [0.1, 0.15) is 47.8 Å². The average molecular weight is 467 g/mol. The lowest BCUT2D eigenvalue weighted by Gasteiger charge is -2.26. The van der Waals surface area contributed by atoms with E-state index in [1.165, 1.54) is 16.4 Å². The van der Waals surface area contributed by atoms with Crippen LogP contribution in [0.3, 0.4) is 0 Å². The fourth-order valence-corrected chi connectivity index (χ4v) is 7.35. The highest BCUT2D eigenvalue weighted by atomic mass is 32.2. The summed E-state index contributed by atoms with van der Waals surface area (Å²) in [4.78, 5) is 13.0. The van der Waals surface area contributed by atoms with Gasteiger partial charge in [-0.1, -0.05) is 12.5 Å². The molecule has 11 heteroatoms. The van der Waals surface area contributed by atoms with E-state index in [9.17, 15) is 21.6 Å². The summed E-state index contributed by atoms with van der Waals surface area (Å²) in [6.45, 7) is 2.74. The molecule has 3 heterocycles. The molecular weight excluding hydrogens is 440 g/mol. The quantitative estimate of drug-likeness (QED) is 0.720. The number of sulfonamides is 1. The summed E-state index contributed by atoms with van der Waals surface area (Å²) in [5.74, 6) is 0.00701. The van der Waals surface area contributed by atoms with E-state index in [1.54, 1.807) is 29.8 Å². The van der Waals surface area contributed by atoms with Crippen LogP contribution in [0.2, 0.25) is 0 Å². The maximum Gasteiger partial charge on any atom is 0.256 e. The number of piperidine rings is 1. The normalized spacial score (nSPS) is 21.8. The second-order valence-corrected chi connectivity index (χ2v) is 12.3. The molecule has 2 aliphatic rings. The lowest BCUT2D eigenvalue weighted by Crippen LogP contribution is -2.35. The zero-order chi connectivity index (χ0) is 22.2. The molecule has 2 fully saturated rings. The number of sulfone groups is 1. The fourth-order valence-electron chi connectivity index (χ4n) is 4.10. The third-order valence-electron chi connectivity index (χ3n) is 5.70. The first-order valence-electron chi connectivity index (χ1n) is 10.3. The van der Waals surface area contributed by atoms with Crippen molar-refractivity contribution in [2.24, 2.45) is 0 Å². The van der Waals surface area contributed by atoms with Crippen molar-refractivity contribution in [3.63, 3.8) is 0 Å². The van der Waals surface area contributed by atoms with Gasteiger partial charge in [0.15, 0.2) is 9.84 Å². The molecule has 2 saturated heterocycles. The van der Waals surface area contributed by atoms with Gasteiger partial charge in [0.2, 0.25) is 10.0 Å². The Morgan fingerprint density at radius 3 is 2.58 bits per heavy atom. The topological polar surface area (TPSA) is 118 Å². The van der Waals surface area contributed by atoms with Crippen molar-refractivity contribution < 1.29 is 21.6 Å². The SMILES string of the molecule is Cc1cc(NC(=O)c2cccc(S(=O)(=O)N3CCCCC3)c2)n(C2CCS(=O)(=O)C2)n1. The van der Waals surface area contributed by atoms with Crippen molar-refractivity contribution in [3.05, 3.63) is 41.6 Å². The summed E-state index contributed by atoms with van der Waals surface area (Å²) in [6.07, 6.45) is 3.12. The molecule has 4 rings (SSSR count). The Labute approximate surface area is 182 Å². The first kappa shape index (κ1) is 22.0. The van der Waals surface area contributed by atoms with Gasteiger partial charge in [-0.15, -0.1) is 0 Å². The smallest absolute Gasteiger partial charge is 0.256 e. The Bertz CT molecular complexity index is 1200. The number of hydrogen-bond donors (Lipinski definition) is 1. The minimum absolute atomic E-state index is 0.0133. The van der Waals surface area contributed by atoms with Gasteiger partial charge in [-0.05, 0) is 44.4 Å². The summed E-state index contributed by atoms with van der Waals surface area (Å²) < 4.78 is 52.6. The fraction of sp³-hybridized carbons (Fsp3) is 0.500. The first-order chi connectivity index (χ1) is 14.7. The number of anilines is 1. The van der Waals surface area contributed by atoms with Gasteiger partial charge in [0.25, 0.3) is 5.91 Å². The Morgan fingerprint density at radius 2 is 1.90 bits per heavy atom. The zero-order valence-corrected chi connectivity index (χ0v) is 19.0. The van der Waals surface area contributed by atoms with Gasteiger partial charge in [-0.2, -0.15) is 9.40 Å². The lowest BCUT2D eigenvalue weighted by atomic mass is 10.2. The highest BCUT2D eigenvalue weighted by Gasteiger charge is 2.32. The van der Waals surface area contributed by atoms with Crippen LogP contribution in [0, 0.1) is 6.92 Å². The number of amides is 1. The third kappa shape index (κ3) is 4.68. The molecule has 0 bridgehead atoms. The van der Waals surface area contributed by atoms with Crippen LogP contribution in [-0.2, 0) is 19.9 Å². The van der Waals surface area contributed by atoms with Gasteiger partial charge in [-0.25, -0.2) is 21.5 Å². The Hall–Kier alpha value is -2.24. The largest absolute Gasteiger partial charge is 0.307 e. The second-order valence-electron chi connectivity index (χ2n) is 8.12. The molecule has 1 aromatic carbocycles. The Kier molecular flexibility index (Phi) is 5.93. The highest BCUT2D eigenvalue weighted by Crippen LogP contribution is 2.28. The summed E-state index contributed by atoms with van der Waals surface area (Å²) in [5.41, 5.74) is 0.864. The summed E-state index contributed by atoms with van der Waals surface area (Å²) in [5, 5.41) is 7.13. The van der Waals surface area contributed by atoms with Crippen molar-refractivity contribution in [1.82, 2.24) is 14.1 Å². The van der Waals surface area contributed by atoms with Crippen molar-refractivity contribution >= 4 is 31.6 Å². The van der Waals surface area contributed by atoms with Crippen molar-refractivity contribution in [2.45, 2.75) is 43.5 Å². The van der Waals surface area contributed by atoms with Gasteiger partial charge in [0.05, 0.1) is 28.1 Å². The summed E-state index contributed by atoms with van der Waals surface area (Å²) >= 11 is 0. The molecule has 2 aliphatic heterocycles. The van der Waals surface area contributed by atoms with Crippen LogP contribution < -0.4 is 5.32 Å². The zero-order valence-electron chi connectivity index (χ0n) is 17.3. The molecule has 2 aromatic rings. The molecule has 1 aromatic heterocycles. The van der Waals surface area contributed by atoms with Crippen molar-refractivity contribution in [1.29, 1.82) is 0 Å². The molecule has 9 nitrogen and oxygen atoms in total. The third-order valence-corrected chi connectivity index (χ3v) is 9.35. The van der Waals surface area contributed by atoms with Crippen LogP contribution in [0.4, 0.5) is 5.82 Å². The van der Waals surface area contributed by atoms with E-state index >= 15 is 0 Å². The number of aromatic nitrogens is 2. The van der Waals surface area contributed by atoms with E-state index in [1.807, 2.05) is 0 Å². The van der Waals surface area contributed by atoms with Gasteiger partial charge in [-0.3, -0.25) is 4.79 Å². The van der Waals surface area contributed by atoms with E-state index in [0.29, 0.717) is 31.0 Å². The van der Waals surface area contributed by atoms with Gasteiger partial charge < -0.3 is 5.32 Å². The van der Waals surface area contributed by atoms with E-state index in [0.717, 1.165) is 19.3 Å². The number of benzene rings is 1. The molecule has 1 atom stereocenters. The molecule has 0 radical (unpaired) electrons. The number of carbonyl (C=O) groups is 1. The lowest BCUT2D eigenvalue weighted by molar-refractivity contribution is 0.102. The standard InChI is InChI=1S/C20H26N4O5S2/c1-15-12-19(24(22-15)17-8-11-30(26,27)14-17)21-20(25)16-6-5-7-18(13-16)31(28,29)23-9-3-2-4-10-23/h5-7,12-13,17H,2-4,8-11,14H2,1H3,(H,21,25). The molecule has 1 amide bonds. The van der Waals surface area contributed by atoms with Crippen molar-refractivity contribution in [3.8, 4) is 0 Å². The number of hydrogen-bond acceptors (Lipinski definition) is 6. The van der Waals surface area contributed by atoms with Gasteiger partial charge in [0.1, 0.15) is 5.82 Å². The maximum absolute atomic E-state index is 12.9. The van der Waals surface area contributed by atoms with Crippen molar-refractivity contribution in [2.75, 3.05) is 29.9 Å². The minimum Gasteiger partial charge on any atom is -0.307 e. The monoisotopic (exact) mass is 466 g/mol. The number of nitrogens with one attached hydrogen (secondary N) is 1. The van der Waals surface area contributed by atoms with E-state index in [2.05, 4.69) is 10.4 Å². The van der Waals surface area contributed by atoms with Crippen LogP contribution in [0.25, 0.3) is 0 Å². The molecule has 1 unspecified atom stereocenters.